The van der Waals surface area contributed by atoms with E-state index in [1.807, 2.05) is 25.1 Å². The second kappa shape index (κ2) is 3.56. The molecule has 1 aromatic rings. The number of nitrogen functional groups attached to an aromatic ring is 1. The van der Waals surface area contributed by atoms with Gasteiger partial charge in [0.25, 0.3) is 0 Å². The number of aryl methyl sites for hydroxylation is 1. The normalized spacial score (nSPS) is 12.9. The van der Waals surface area contributed by atoms with Gasteiger partial charge >= 0.3 is 0 Å². The van der Waals surface area contributed by atoms with E-state index in [0.717, 1.165) is 16.8 Å². The molecule has 0 heterocycles. The van der Waals surface area contributed by atoms with Gasteiger partial charge in [-0.15, -0.1) is 0 Å². The van der Waals surface area contributed by atoms with Gasteiger partial charge in [-0.3, -0.25) is 0 Å². The van der Waals surface area contributed by atoms with E-state index in [4.69, 9.17) is 17.2 Å². The highest BCUT2D eigenvalue weighted by Crippen LogP contribution is 2.20. The van der Waals surface area contributed by atoms with Crippen molar-refractivity contribution >= 4 is 5.69 Å². The number of para-hydroxylation sites is 1. The van der Waals surface area contributed by atoms with E-state index in [0.29, 0.717) is 6.54 Å². The number of benzene rings is 1. The summed E-state index contributed by atoms with van der Waals surface area (Å²) in [6.45, 7) is 2.38. The molecule has 0 spiro atoms. The average Bonchev–Trinajstić information content (AvgIpc) is 2.08. The standard InChI is InChI=1S/C9H15N3/c1-6-3-2-4-7(9(6)12)8(11)5-10/h2-4,8H,5,10-12H2,1H3/t8-/m1/s1. The summed E-state index contributed by atoms with van der Waals surface area (Å²) in [5, 5.41) is 0. The number of anilines is 1. The van der Waals surface area contributed by atoms with Crippen LogP contribution in [-0.2, 0) is 0 Å². The summed E-state index contributed by atoms with van der Waals surface area (Å²) in [5.41, 5.74) is 19.8. The fourth-order valence-electron chi connectivity index (χ4n) is 1.15. The summed E-state index contributed by atoms with van der Waals surface area (Å²) in [6, 6.07) is 5.67. The third kappa shape index (κ3) is 1.57. The van der Waals surface area contributed by atoms with Crippen LogP contribution in [0.25, 0.3) is 0 Å². The number of hydrogen-bond donors (Lipinski definition) is 3. The Labute approximate surface area is 72.5 Å². The average molecular weight is 165 g/mol. The fraction of sp³-hybridized carbons (Fsp3) is 0.333. The van der Waals surface area contributed by atoms with E-state index in [1.54, 1.807) is 0 Å². The quantitative estimate of drug-likeness (QED) is 0.559. The molecule has 6 N–H and O–H groups in total. The molecule has 1 atom stereocenters. The van der Waals surface area contributed by atoms with Crippen molar-refractivity contribution in [3.8, 4) is 0 Å². The minimum absolute atomic E-state index is 0.148. The van der Waals surface area contributed by atoms with Crippen LogP contribution < -0.4 is 17.2 Å². The van der Waals surface area contributed by atoms with E-state index in [1.165, 1.54) is 0 Å². The molecule has 0 fully saturated rings. The first-order valence-corrected chi connectivity index (χ1v) is 3.97. The molecular formula is C9H15N3. The maximum Gasteiger partial charge on any atom is 0.0440 e. The van der Waals surface area contributed by atoms with Gasteiger partial charge in [0.15, 0.2) is 0 Å². The van der Waals surface area contributed by atoms with Crippen LogP contribution in [0.2, 0.25) is 0 Å². The molecule has 0 aliphatic carbocycles. The Kier molecular flexibility index (Phi) is 2.68. The van der Waals surface area contributed by atoms with E-state index >= 15 is 0 Å². The SMILES string of the molecule is Cc1cccc([C@H](N)CN)c1N. The first-order chi connectivity index (χ1) is 5.66. The molecule has 0 unspecified atom stereocenters. The van der Waals surface area contributed by atoms with Gasteiger partial charge < -0.3 is 17.2 Å². The van der Waals surface area contributed by atoms with Crippen LogP contribution in [0.15, 0.2) is 18.2 Å². The first kappa shape index (κ1) is 9.03. The van der Waals surface area contributed by atoms with Crippen molar-refractivity contribution in [2.75, 3.05) is 12.3 Å². The lowest BCUT2D eigenvalue weighted by Gasteiger charge is -2.13. The summed E-state index contributed by atoms with van der Waals surface area (Å²) in [5.74, 6) is 0. The molecular weight excluding hydrogens is 150 g/mol. The van der Waals surface area contributed by atoms with Gasteiger partial charge in [-0.2, -0.15) is 0 Å². The zero-order valence-corrected chi connectivity index (χ0v) is 7.25. The van der Waals surface area contributed by atoms with Crippen LogP contribution in [0, 0.1) is 6.92 Å². The van der Waals surface area contributed by atoms with E-state index in [9.17, 15) is 0 Å². The maximum atomic E-state index is 5.82. The molecule has 66 valence electrons. The predicted octanol–water partition coefficient (Wildman–Crippen LogP) is 0.536. The zero-order chi connectivity index (χ0) is 9.14. The molecule has 0 bridgehead atoms. The van der Waals surface area contributed by atoms with Gasteiger partial charge in [-0.05, 0) is 18.1 Å². The highest BCUT2D eigenvalue weighted by Gasteiger charge is 2.07. The molecule has 1 aromatic carbocycles. The third-order valence-electron chi connectivity index (χ3n) is 2.01. The fourth-order valence-corrected chi connectivity index (χ4v) is 1.15. The van der Waals surface area contributed by atoms with Crippen molar-refractivity contribution in [3.63, 3.8) is 0 Å². The Morgan fingerprint density at radius 3 is 2.67 bits per heavy atom. The van der Waals surface area contributed by atoms with Crippen molar-refractivity contribution < 1.29 is 0 Å². The minimum Gasteiger partial charge on any atom is -0.398 e. The summed E-state index contributed by atoms with van der Waals surface area (Å²) in [4.78, 5) is 0. The molecule has 3 heteroatoms. The smallest absolute Gasteiger partial charge is 0.0440 e. The zero-order valence-electron chi connectivity index (χ0n) is 7.25. The van der Waals surface area contributed by atoms with Gasteiger partial charge in [0, 0.05) is 18.3 Å². The molecule has 0 saturated heterocycles. The van der Waals surface area contributed by atoms with Crippen LogP contribution in [0.1, 0.15) is 17.2 Å². The summed E-state index contributed by atoms with van der Waals surface area (Å²) in [7, 11) is 0. The number of hydrogen-bond acceptors (Lipinski definition) is 3. The molecule has 0 amide bonds. The lowest BCUT2D eigenvalue weighted by Crippen LogP contribution is -2.22. The topological polar surface area (TPSA) is 78.1 Å². The molecule has 3 nitrogen and oxygen atoms in total. The third-order valence-corrected chi connectivity index (χ3v) is 2.01. The monoisotopic (exact) mass is 165 g/mol. The van der Waals surface area contributed by atoms with E-state index in [2.05, 4.69) is 0 Å². The van der Waals surface area contributed by atoms with Crippen molar-refractivity contribution in [2.45, 2.75) is 13.0 Å². The van der Waals surface area contributed by atoms with Crippen molar-refractivity contribution in [1.82, 2.24) is 0 Å². The molecule has 0 aliphatic rings. The highest BCUT2D eigenvalue weighted by atomic mass is 14.7. The van der Waals surface area contributed by atoms with Gasteiger partial charge in [0.05, 0.1) is 0 Å². The summed E-state index contributed by atoms with van der Waals surface area (Å²) in [6.07, 6.45) is 0. The predicted molar refractivity (Wildman–Crippen MR) is 51.6 cm³/mol. The van der Waals surface area contributed by atoms with Crippen molar-refractivity contribution in [3.05, 3.63) is 29.3 Å². The van der Waals surface area contributed by atoms with Crippen LogP contribution >= 0.6 is 0 Å². The summed E-state index contributed by atoms with van der Waals surface area (Å²) >= 11 is 0. The lowest BCUT2D eigenvalue weighted by molar-refractivity contribution is 0.739. The molecule has 1 rings (SSSR count). The Balaban J connectivity index is 3.07. The Hall–Kier alpha value is -1.06. The van der Waals surface area contributed by atoms with E-state index in [-0.39, 0.29) is 6.04 Å². The molecule has 12 heavy (non-hydrogen) atoms. The molecule has 0 aromatic heterocycles. The Bertz CT molecular complexity index is 270. The van der Waals surface area contributed by atoms with Crippen molar-refractivity contribution in [1.29, 1.82) is 0 Å². The van der Waals surface area contributed by atoms with Gasteiger partial charge in [0.2, 0.25) is 0 Å². The minimum atomic E-state index is -0.148. The summed E-state index contributed by atoms with van der Waals surface area (Å²) < 4.78 is 0. The second-order valence-electron chi connectivity index (χ2n) is 2.92. The second-order valence-corrected chi connectivity index (χ2v) is 2.92. The van der Waals surface area contributed by atoms with Crippen LogP contribution in [0.3, 0.4) is 0 Å². The number of nitrogens with two attached hydrogens (primary N) is 3. The highest BCUT2D eigenvalue weighted by molar-refractivity contribution is 5.54. The van der Waals surface area contributed by atoms with Crippen LogP contribution in [0.5, 0.6) is 0 Å². The van der Waals surface area contributed by atoms with Crippen molar-refractivity contribution in [2.24, 2.45) is 11.5 Å². The Morgan fingerprint density at radius 1 is 1.42 bits per heavy atom. The lowest BCUT2D eigenvalue weighted by atomic mass is 10.0. The maximum absolute atomic E-state index is 5.82. The first-order valence-electron chi connectivity index (χ1n) is 3.97. The van der Waals surface area contributed by atoms with E-state index < -0.39 is 0 Å². The largest absolute Gasteiger partial charge is 0.398 e. The van der Waals surface area contributed by atoms with Gasteiger partial charge in [0.1, 0.15) is 0 Å². The van der Waals surface area contributed by atoms with Gasteiger partial charge in [-0.25, -0.2) is 0 Å². The molecule has 0 radical (unpaired) electrons. The van der Waals surface area contributed by atoms with Crippen LogP contribution in [0.4, 0.5) is 5.69 Å². The Morgan fingerprint density at radius 2 is 2.08 bits per heavy atom. The molecule has 0 saturated carbocycles. The van der Waals surface area contributed by atoms with Crippen LogP contribution in [-0.4, -0.2) is 6.54 Å². The van der Waals surface area contributed by atoms with Gasteiger partial charge in [-0.1, -0.05) is 18.2 Å². The molecule has 0 aliphatic heterocycles. The number of rotatable bonds is 2.